The van der Waals surface area contributed by atoms with Gasteiger partial charge in [-0.05, 0) is 57.9 Å². The van der Waals surface area contributed by atoms with Crippen LogP contribution in [-0.2, 0) is 6.54 Å². The van der Waals surface area contributed by atoms with Gasteiger partial charge in [0.05, 0.1) is 28.1 Å². The van der Waals surface area contributed by atoms with Crippen molar-refractivity contribution in [1.82, 2.24) is 18.9 Å². The third kappa shape index (κ3) is 3.21. The summed E-state index contributed by atoms with van der Waals surface area (Å²) in [7, 11) is 0. The molecule has 8 nitrogen and oxygen atoms in total. The molecule has 0 aliphatic carbocycles. The maximum Gasteiger partial charge on any atom is 0.353 e. The Morgan fingerprint density at radius 3 is 2.89 bits per heavy atom. The van der Waals surface area contributed by atoms with Crippen molar-refractivity contribution in [2.75, 3.05) is 0 Å². The van der Waals surface area contributed by atoms with E-state index in [1.54, 1.807) is 28.8 Å². The Morgan fingerprint density at radius 2 is 2.11 bits per heavy atom. The highest BCUT2D eigenvalue weighted by molar-refractivity contribution is 9.10. The van der Waals surface area contributed by atoms with Crippen LogP contribution in [0.2, 0.25) is 5.15 Å². The van der Waals surface area contributed by atoms with E-state index in [1.807, 2.05) is 0 Å². The second-order valence-corrected chi connectivity index (χ2v) is 9.01. The van der Waals surface area contributed by atoms with E-state index < -0.39 is 17.3 Å². The number of pyridine rings is 2. The van der Waals surface area contributed by atoms with Gasteiger partial charge in [0.2, 0.25) is 0 Å². The van der Waals surface area contributed by atoms with E-state index in [0.717, 1.165) is 0 Å². The largest absolute Gasteiger partial charge is 0.477 e. The molecule has 0 atom stereocenters. The maximum atomic E-state index is 15.0. The number of nitrogens with zero attached hydrogens (tertiary/aromatic N) is 3. The van der Waals surface area contributed by atoms with Crippen LogP contribution in [-0.4, -0.2) is 30.0 Å². The van der Waals surface area contributed by atoms with Crippen LogP contribution in [0.3, 0.4) is 0 Å². The smallest absolute Gasteiger partial charge is 0.353 e. The van der Waals surface area contributed by atoms with Gasteiger partial charge in [0.1, 0.15) is 27.3 Å². The van der Waals surface area contributed by atoms with E-state index >= 15 is 4.39 Å². The molecule has 0 unspecified atom stereocenters. The fourth-order valence-electron chi connectivity index (χ4n) is 4.48. The van der Waals surface area contributed by atoms with Crippen LogP contribution in [0.15, 0.2) is 68.9 Å². The van der Waals surface area contributed by atoms with Gasteiger partial charge in [-0.1, -0.05) is 11.6 Å². The fourth-order valence-corrected chi connectivity index (χ4v) is 5.05. The third-order valence-electron chi connectivity index (χ3n) is 5.94. The molecule has 0 amide bonds. The van der Waals surface area contributed by atoms with Crippen molar-refractivity contribution in [2.45, 2.75) is 6.54 Å². The Kier molecular flexibility index (Phi) is 4.83. The van der Waals surface area contributed by atoms with E-state index in [0.29, 0.717) is 21.2 Å². The summed E-state index contributed by atoms with van der Waals surface area (Å²) < 4.78 is 24.4. The number of aromatic amines is 1. The van der Waals surface area contributed by atoms with E-state index in [-0.39, 0.29) is 45.0 Å². The number of aromatic nitrogens is 4. The molecule has 0 aliphatic heterocycles. The zero-order valence-electron chi connectivity index (χ0n) is 17.6. The predicted molar refractivity (Wildman–Crippen MR) is 132 cm³/mol. The van der Waals surface area contributed by atoms with Gasteiger partial charge in [-0.15, -0.1) is 0 Å². The van der Waals surface area contributed by atoms with Crippen LogP contribution < -0.4 is 5.56 Å². The lowest BCUT2D eigenvalue weighted by molar-refractivity contribution is 0.0687. The summed E-state index contributed by atoms with van der Waals surface area (Å²) in [5.74, 6) is -1.84. The molecule has 0 aliphatic rings. The number of hydrogen-bond acceptors (Lipinski definition) is 4. The number of fused-ring (bicyclic) bond motifs is 4. The zero-order chi connectivity index (χ0) is 24.4. The first-order valence-corrected chi connectivity index (χ1v) is 11.5. The van der Waals surface area contributed by atoms with Gasteiger partial charge < -0.3 is 19.1 Å². The molecule has 0 saturated heterocycles. The molecular formula is C24H13BrClFN4O4. The second-order valence-electron chi connectivity index (χ2n) is 7.90. The average molecular weight is 556 g/mol. The number of carboxylic acids is 1. The van der Waals surface area contributed by atoms with Crippen molar-refractivity contribution >= 4 is 61.0 Å². The molecule has 2 N–H and O–H groups in total. The maximum absolute atomic E-state index is 15.0. The first-order valence-electron chi connectivity index (χ1n) is 10.3. The second kappa shape index (κ2) is 7.82. The van der Waals surface area contributed by atoms with Gasteiger partial charge in [-0.25, -0.2) is 14.2 Å². The van der Waals surface area contributed by atoms with Crippen LogP contribution in [0.25, 0.3) is 38.6 Å². The van der Waals surface area contributed by atoms with Crippen molar-refractivity contribution in [1.29, 1.82) is 0 Å². The highest BCUT2D eigenvalue weighted by Crippen LogP contribution is 2.40. The van der Waals surface area contributed by atoms with Gasteiger partial charge in [-0.2, -0.15) is 0 Å². The highest BCUT2D eigenvalue weighted by atomic mass is 79.9. The van der Waals surface area contributed by atoms with Gasteiger partial charge in [0.15, 0.2) is 5.15 Å². The van der Waals surface area contributed by atoms with E-state index in [1.165, 1.54) is 35.2 Å². The summed E-state index contributed by atoms with van der Waals surface area (Å²) in [5.41, 5.74) is 1.34. The lowest BCUT2D eigenvalue weighted by Gasteiger charge is -2.10. The first-order chi connectivity index (χ1) is 16.8. The molecular weight excluding hydrogens is 543 g/mol. The van der Waals surface area contributed by atoms with Crippen molar-refractivity contribution in [3.05, 3.63) is 92.2 Å². The number of rotatable bonds is 4. The Bertz CT molecular complexity index is 1880. The molecule has 5 heterocycles. The monoisotopic (exact) mass is 554 g/mol. The van der Waals surface area contributed by atoms with Crippen molar-refractivity contribution < 1.29 is 18.7 Å². The van der Waals surface area contributed by atoms with Crippen molar-refractivity contribution in [3.63, 3.8) is 0 Å². The minimum atomic E-state index is -1.27. The first kappa shape index (κ1) is 21.6. The number of carboxylic acid groups (broad SMARTS) is 1. The normalized spacial score (nSPS) is 11.7. The van der Waals surface area contributed by atoms with Crippen LogP contribution in [0.4, 0.5) is 4.39 Å². The van der Waals surface area contributed by atoms with Crippen LogP contribution in [0, 0.1) is 5.82 Å². The molecule has 0 radical (unpaired) electrons. The molecule has 35 heavy (non-hydrogen) atoms. The number of halogens is 3. The molecule has 0 saturated carbocycles. The van der Waals surface area contributed by atoms with E-state index in [2.05, 4.69) is 25.9 Å². The highest BCUT2D eigenvalue weighted by Gasteiger charge is 2.29. The van der Waals surface area contributed by atoms with Crippen LogP contribution in [0.5, 0.6) is 0 Å². The molecule has 1 aromatic carbocycles. The molecule has 0 bridgehead atoms. The topological polar surface area (TPSA) is 106 Å². The Morgan fingerprint density at radius 1 is 1.29 bits per heavy atom. The summed E-state index contributed by atoms with van der Waals surface area (Å²) in [6.45, 7) is 0.0626. The fraction of sp³-hybridized carbons (Fsp3) is 0.0417. The molecule has 0 fully saturated rings. The summed E-state index contributed by atoms with van der Waals surface area (Å²) >= 11 is 9.48. The Hall–Kier alpha value is -3.89. The number of nitrogens with one attached hydrogen (secondary N) is 1. The number of benzene rings is 1. The third-order valence-corrected chi connectivity index (χ3v) is 7.19. The SMILES string of the molecule is O=C(O)c1c(-c2ccc[nH]c2=O)c2c3occc3c(F)cc2n1Cc1ccn2c(Br)c(Cl)nc2c1. The number of hydrogen-bond donors (Lipinski definition) is 2. The van der Waals surface area contributed by atoms with Gasteiger partial charge in [0, 0.05) is 24.5 Å². The number of carbonyl (C=O) groups is 1. The minimum absolute atomic E-state index is 0.0626. The average Bonchev–Trinajstić information content (AvgIpc) is 3.50. The van der Waals surface area contributed by atoms with E-state index in [4.69, 9.17) is 16.0 Å². The van der Waals surface area contributed by atoms with Gasteiger partial charge in [-0.3, -0.25) is 9.20 Å². The molecule has 5 aromatic heterocycles. The molecule has 0 spiro atoms. The van der Waals surface area contributed by atoms with Crippen molar-refractivity contribution in [3.8, 4) is 11.1 Å². The Balaban J connectivity index is 1.70. The zero-order valence-corrected chi connectivity index (χ0v) is 19.9. The lowest BCUT2D eigenvalue weighted by Crippen LogP contribution is -2.13. The molecule has 11 heteroatoms. The number of furan rings is 1. The Labute approximate surface area is 208 Å². The number of H-pyrrole nitrogens is 1. The summed E-state index contributed by atoms with van der Waals surface area (Å²) in [6, 6.07) is 9.40. The lowest BCUT2D eigenvalue weighted by atomic mass is 10.0. The van der Waals surface area contributed by atoms with Gasteiger partial charge >= 0.3 is 5.97 Å². The summed E-state index contributed by atoms with van der Waals surface area (Å²) in [5, 5.41) is 11.1. The summed E-state index contributed by atoms with van der Waals surface area (Å²) in [4.78, 5) is 32.2. The molecule has 6 aromatic rings. The van der Waals surface area contributed by atoms with Gasteiger partial charge in [0.25, 0.3) is 5.56 Å². The quantitative estimate of drug-likeness (QED) is 0.291. The van der Waals surface area contributed by atoms with Crippen LogP contribution >= 0.6 is 27.5 Å². The molecule has 6 rings (SSSR count). The van der Waals surface area contributed by atoms with Crippen LogP contribution in [0.1, 0.15) is 16.1 Å². The molecule has 174 valence electrons. The summed E-state index contributed by atoms with van der Waals surface area (Å²) in [6.07, 6.45) is 4.53. The van der Waals surface area contributed by atoms with E-state index in [9.17, 15) is 14.7 Å². The number of imidazole rings is 1. The minimum Gasteiger partial charge on any atom is -0.477 e. The number of aromatic carboxylic acids is 1. The van der Waals surface area contributed by atoms with Crippen molar-refractivity contribution in [2.24, 2.45) is 0 Å². The predicted octanol–water partition coefficient (Wildman–Crippen LogP) is 5.69. The standard InChI is InChI=1S/C24H13BrClFN4O4/c25-21-22(26)29-16-8-11(3-6-30(16)21)10-31-15-9-14(27)12-4-7-35-20(12)18(15)17(19(31)24(33)34)13-2-1-5-28-23(13)32/h1-9H,10H2,(H,28,32)(H,33,34).